The first-order valence-electron chi connectivity index (χ1n) is 10.0. The summed E-state index contributed by atoms with van der Waals surface area (Å²) in [4.78, 5) is 30.1. The van der Waals surface area contributed by atoms with E-state index in [2.05, 4.69) is 10.3 Å². The fourth-order valence-electron chi connectivity index (χ4n) is 3.92. The van der Waals surface area contributed by atoms with E-state index in [1.165, 1.54) is 12.1 Å². The molecule has 1 aromatic heterocycles. The lowest BCUT2D eigenvalue weighted by Gasteiger charge is -2.21. The van der Waals surface area contributed by atoms with Crippen molar-refractivity contribution in [2.75, 3.05) is 18.4 Å². The van der Waals surface area contributed by atoms with Crippen molar-refractivity contribution in [3.63, 3.8) is 0 Å². The highest BCUT2D eigenvalue weighted by molar-refractivity contribution is 7.92. The monoisotopic (exact) mass is 466 g/mol. The van der Waals surface area contributed by atoms with Crippen LogP contribution in [-0.4, -0.2) is 48.6 Å². The lowest BCUT2D eigenvalue weighted by atomic mass is 9.87. The minimum Gasteiger partial charge on any atom is -0.351 e. The quantitative estimate of drug-likeness (QED) is 0.650. The van der Waals surface area contributed by atoms with Crippen LogP contribution in [0.5, 0.6) is 0 Å². The molecule has 3 N–H and O–H groups in total. The number of nitrogens with two attached hydrogens (primary N) is 1. The highest BCUT2D eigenvalue weighted by Crippen LogP contribution is 2.35. The minimum absolute atomic E-state index is 0.0613. The van der Waals surface area contributed by atoms with Gasteiger partial charge >= 0.3 is 6.03 Å². The third-order valence-electron chi connectivity index (χ3n) is 5.76. The van der Waals surface area contributed by atoms with Crippen LogP contribution < -0.4 is 11.1 Å². The molecule has 0 spiro atoms. The Bertz CT molecular complexity index is 1080. The van der Waals surface area contributed by atoms with Crippen LogP contribution in [0.1, 0.15) is 37.2 Å². The molecule has 0 radical (unpaired) electrons. The van der Waals surface area contributed by atoms with E-state index in [9.17, 15) is 22.4 Å². The summed E-state index contributed by atoms with van der Waals surface area (Å²) in [5.74, 6) is -0.904. The molecule has 1 saturated heterocycles. The number of urea groups is 1. The number of hydrogen-bond donors (Lipinski definition) is 2. The summed E-state index contributed by atoms with van der Waals surface area (Å²) in [7, 11) is -3.32. The van der Waals surface area contributed by atoms with Crippen LogP contribution in [0.3, 0.4) is 0 Å². The average Bonchev–Trinajstić information content (AvgIpc) is 3.37. The molecule has 3 amide bonds. The Morgan fingerprint density at radius 1 is 1.26 bits per heavy atom. The van der Waals surface area contributed by atoms with Crippen LogP contribution in [0.25, 0.3) is 0 Å². The Labute approximate surface area is 183 Å². The van der Waals surface area contributed by atoms with Gasteiger partial charge in [-0.3, -0.25) is 4.79 Å². The molecule has 2 aliphatic rings. The molecule has 11 heteroatoms. The summed E-state index contributed by atoms with van der Waals surface area (Å²) in [6.45, 7) is 0.990. The Morgan fingerprint density at radius 3 is 2.52 bits per heavy atom. The Hall–Kier alpha value is -2.53. The smallest absolute Gasteiger partial charge is 0.314 e. The molecule has 2 heterocycles. The molecule has 4 rings (SSSR count). The predicted octanol–water partition coefficient (Wildman–Crippen LogP) is 2.73. The van der Waals surface area contributed by atoms with E-state index < -0.39 is 26.9 Å². The fourth-order valence-corrected chi connectivity index (χ4v) is 6.12. The van der Waals surface area contributed by atoms with Crippen molar-refractivity contribution < 1.29 is 22.4 Å². The number of likely N-dealkylation sites (tertiary alicyclic amines) is 1. The SMILES string of the molecule is NC(=O)N1CC[C@H](C[C@@H](C(=O)Nc2ncc(F)s2)c2ccc(S(=O)(=O)C3CC3)cc2)C1. The molecule has 0 unspecified atom stereocenters. The number of aromatic nitrogens is 1. The van der Waals surface area contributed by atoms with Crippen LogP contribution in [0.4, 0.5) is 14.3 Å². The second kappa shape index (κ2) is 8.54. The largest absolute Gasteiger partial charge is 0.351 e. The van der Waals surface area contributed by atoms with E-state index in [-0.39, 0.29) is 27.1 Å². The zero-order chi connectivity index (χ0) is 22.2. The minimum atomic E-state index is -3.32. The summed E-state index contributed by atoms with van der Waals surface area (Å²) < 4.78 is 38.2. The second-order valence-corrected chi connectivity index (χ2v) is 11.2. The van der Waals surface area contributed by atoms with Crippen LogP contribution in [0, 0.1) is 11.0 Å². The van der Waals surface area contributed by atoms with Gasteiger partial charge in [0.05, 0.1) is 22.3 Å². The molecular weight excluding hydrogens is 443 g/mol. The number of rotatable bonds is 7. The van der Waals surface area contributed by atoms with E-state index >= 15 is 0 Å². The van der Waals surface area contributed by atoms with Crippen molar-refractivity contribution in [3.05, 3.63) is 41.2 Å². The van der Waals surface area contributed by atoms with Gasteiger partial charge in [0.1, 0.15) is 0 Å². The maximum Gasteiger partial charge on any atom is 0.314 e. The number of nitrogens with zero attached hydrogens (tertiary/aromatic N) is 2. The number of carbonyl (C=O) groups is 2. The van der Waals surface area contributed by atoms with Crippen molar-refractivity contribution in [1.82, 2.24) is 9.88 Å². The number of benzene rings is 1. The molecule has 2 fully saturated rings. The van der Waals surface area contributed by atoms with Crippen molar-refractivity contribution >= 4 is 38.2 Å². The van der Waals surface area contributed by atoms with Crippen molar-refractivity contribution in [3.8, 4) is 0 Å². The zero-order valence-electron chi connectivity index (χ0n) is 16.7. The molecular formula is C20H23FN4O4S2. The Balaban J connectivity index is 1.55. The van der Waals surface area contributed by atoms with Crippen LogP contribution in [-0.2, 0) is 14.6 Å². The average molecular weight is 467 g/mol. The molecule has 2 aromatic rings. The van der Waals surface area contributed by atoms with Crippen LogP contribution in [0.2, 0.25) is 0 Å². The lowest BCUT2D eigenvalue weighted by molar-refractivity contribution is -0.118. The number of amides is 3. The molecule has 1 aliphatic carbocycles. The second-order valence-electron chi connectivity index (χ2n) is 8.00. The van der Waals surface area contributed by atoms with Crippen molar-refractivity contribution in [2.24, 2.45) is 11.7 Å². The number of anilines is 1. The van der Waals surface area contributed by atoms with Gasteiger partial charge in [0.25, 0.3) is 0 Å². The number of sulfone groups is 1. The number of nitrogens with one attached hydrogen (secondary N) is 1. The third-order valence-corrected chi connectivity index (χ3v) is 8.74. The first-order chi connectivity index (χ1) is 14.7. The summed E-state index contributed by atoms with van der Waals surface area (Å²) in [5, 5.41) is 1.99. The number of hydrogen-bond acceptors (Lipinski definition) is 6. The number of carbonyl (C=O) groups excluding carboxylic acids is 2. The van der Waals surface area contributed by atoms with Gasteiger partial charge in [0, 0.05) is 13.1 Å². The first-order valence-corrected chi connectivity index (χ1v) is 12.4. The Kier molecular flexibility index (Phi) is 5.98. The van der Waals surface area contributed by atoms with E-state index in [0.29, 0.717) is 44.3 Å². The van der Waals surface area contributed by atoms with Crippen molar-refractivity contribution in [2.45, 2.75) is 41.7 Å². The van der Waals surface area contributed by atoms with E-state index in [1.807, 2.05) is 0 Å². The van der Waals surface area contributed by atoms with Gasteiger partial charge in [-0.25, -0.2) is 18.2 Å². The van der Waals surface area contributed by atoms with Gasteiger partial charge < -0.3 is 16.0 Å². The predicted molar refractivity (Wildman–Crippen MR) is 114 cm³/mol. The zero-order valence-corrected chi connectivity index (χ0v) is 18.3. The van der Waals surface area contributed by atoms with Crippen molar-refractivity contribution in [1.29, 1.82) is 0 Å². The van der Waals surface area contributed by atoms with Gasteiger partial charge in [-0.15, -0.1) is 0 Å². The third kappa shape index (κ3) is 4.87. The molecule has 8 nitrogen and oxygen atoms in total. The van der Waals surface area contributed by atoms with E-state index in [4.69, 9.17) is 5.73 Å². The van der Waals surface area contributed by atoms with Gasteiger partial charge in [0.2, 0.25) is 5.91 Å². The number of thiazole rings is 1. The topological polar surface area (TPSA) is 122 Å². The molecule has 1 saturated carbocycles. The van der Waals surface area contributed by atoms with Gasteiger partial charge in [-0.2, -0.15) is 4.39 Å². The first kappa shape index (κ1) is 21.7. The summed E-state index contributed by atoms with van der Waals surface area (Å²) in [6, 6.07) is 5.90. The van der Waals surface area contributed by atoms with E-state index in [1.54, 1.807) is 17.0 Å². The number of primary amides is 1. The number of halogens is 1. The van der Waals surface area contributed by atoms with Gasteiger partial charge in [0.15, 0.2) is 20.1 Å². The summed E-state index contributed by atoms with van der Waals surface area (Å²) in [6.07, 6.45) is 3.55. The molecule has 31 heavy (non-hydrogen) atoms. The standard InChI is InChI=1S/C20H23FN4O4S2/c21-17-10-23-20(30-17)24-18(26)16(9-12-7-8-25(11-12)19(22)27)13-1-3-14(4-2-13)31(28,29)15-5-6-15/h1-4,10,12,15-16H,5-9,11H2,(H2,22,27)(H,23,24,26)/t12-,16-/m1/s1. The van der Waals surface area contributed by atoms with Crippen LogP contribution in [0.15, 0.2) is 35.4 Å². The normalized spacial score (nSPS) is 19.9. The molecule has 0 bridgehead atoms. The Morgan fingerprint density at radius 2 is 1.97 bits per heavy atom. The molecule has 2 atom stereocenters. The molecule has 1 aromatic carbocycles. The van der Waals surface area contributed by atoms with Crippen LogP contribution >= 0.6 is 11.3 Å². The lowest BCUT2D eigenvalue weighted by Crippen LogP contribution is -2.34. The summed E-state index contributed by atoms with van der Waals surface area (Å²) >= 11 is 0.733. The maximum absolute atomic E-state index is 13.3. The molecule has 166 valence electrons. The summed E-state index contributed by atoms with van der Waals surface area (Å²) in [5.41, 5.74) is 6.02. The van der Waals surface area contributed by atoms with Gasteiger partial charge in [-0.05, 0) is 49.3 Å². The highest BCUT2D eigenvalue weighted by atomic mass is 32.2. The van der Waals surface area contributed by atoms with E-state index in [0.717, 1.165) is 17.5 Å². The maximum atomic E-state index is 13.3. The highest BCUT2D eigenvalue weighted by Gasteiger charge is 2.37. The fraction of sp³-hybridized carbons (Fsp3) is 0.450. The molecule has 1 aliphatic heterocycles. The van der Waals surface area contributed by atoms with Gasteiger partial charge in [-0.1, -0.05) is 23.5 Å².